The monoisotopic (exact) mass is 150 g/mol. The van der Waals surface area contributed by atoms with Crippen LogP contribution in [0.3, 0.4) is 0 Å². The smallest absolute Gasteiger partial charge is 1.00 e. The minimum Gasteiger partial charge on any atom is -1.00 e. The number of rotatable bonds is 0. The average Bonchev–Trinajstić information content (AvgIpc) is 1.69. The summed E-state index contributed by atoms with van der Waals surface area (Å²) in [6, 6.07) is 10.9. The molecule has 0 heterocycles. The first-order valence-corrected chi connectivity index (χ1v) is 2.33. The zero-order valence-corrected chi connectivity index (χ0v) is 7.56. The second-order valence-electron chi connectivity index (χ2n) is 1.55. The molecule has 0 N–H and O–H groups in total. The van der Waals surface area contributed by atoms with Gasteiger partial charge in [0.2, 0.25) is 0 Å². The van der Waals surface area contributed by atoms with Gasteiger partial charge in [0, 0.05) is 0 Å². The molecule has 0 aliphatic rings. The van der Waals surface area contributed by atoms with Gasteiger partial charge in [-0.15, -0.1) is 0 Å². The van der Waals surface area contributed by atoms with Crippen molar-refractivity contribution in [2.75, 3.05) is 0 Å². The van der Waals surface area contributed by atoms with E-state index >= 15 is 0 Å². The summed E-state index contributed by atoms with van der Waals surface area (Å²) in [5.41, 5.74) is 1.20. The average molecular weight is 151 g/mol. The molecule has 0 nitrogen and oxygen atoms in total. The summed E-state index contributed by atoms with van der Waals surface area (Å²) in [6.45, 7) is 2.03. The van der Waals surface area contributed by atoms with Crippen LogP contribution >= 0.6 is 0 Å². The minimum atomic E-state index is 0. The Labute approximate surface area is 78.2 Å². The summed E-state index contributed by atoms with van der Waals surface area (Å²) in [7, 11) is 0. The fourth-order valence-electron chi connectivity index (χ4n) is 0.483. The van der Waals surface area contributed by atoms with Gasteiger partial charge in [0.25, 0.3) is 0 Å². The number of halogens is 1. The van der Waals surface area contributed by atoms with Gasteiger partial charge in [-0.1, -0.05) is 6.92 Å². The van der Waals surface area contributed by atoms with Gasteiger partial charge in [-0.25, -0.2) is 0 Å². The van der Waals surface area contributed by atoms with Crippen molar-refractivity contribution in [1.82, 2.24) is 0 Å². The first kappa shape index (κ1) is 12.0. The van der Waals surface area contributed by atoms with Gasteiger partial charge in [-0.2, -0.15) is 35.9 Å². The van der Waals surface area contributed by atoms with E-state index in [0.29, 0.717) is 0 Å². The van der Waals surface area contributed by atoms with Crippen molar-refractivity contribution in [3.8, 4) is 0 Å². The Morgan fingerprint density at radius 2 is 2.00 bits per heavy atom. The largest absolute Gasteiger partial charge is 2.00 e. The molecule has 0 aromatic heterocycles. The van der Waals surface area contributed by atoms with Crippen LogP contribution in [0.2, 0.25) is 0 Å². The van der Waals surface area contributed by atoms with Crippen LogP contribution in [-0.4, -0.2) is 23.1 Å². The van der Waals surface area contributed by atoms with Gasteiger partial charge in [0.05, 0.1) is 0 Å². The van der Waals surface area contributed by atoms with E-state index in [0.717, 1.165) is 0 Å². The van der Waals surface area contributed by atoms with Crippen LogP contribution in [0.1, 0.15) is 5.56 Å². The normalized spacial score (nSPS) is 6.78. The van der Waals surface area contributed by atoms with Crippen LogP contribution < -0.4 is 12.4 Å². The maximum absolute atomic E-state index is 3.03. The van der Waals surface area contributed by atoms with E-state index in [4.69, 9.17) is 0 Å². The second kappa shape index (κ2) is 6.40. The quantitative estimate of drug-likeness (QED) is 0.310. The Morgan fingerprint density at radius 3 is 2.22 bits per heavy atom. The minimum absolute atomic E-state index is 0. The van der Waals surface area contributed by atoms with E-state index in [1.54, 1.807) is 0 Å². The summed E-state index contributed by atoms with van der Waals surface area (Å²) in [5, 5.41) is 0. The zero-order valence-electron chi connectivity index (χ0n) is 5.39. The van der Waals surface area contributed by atoms with Gasteiger partial charge in [-0.05, 0) is 0 Å². The van der Waals surface area contributed by atoms with Crippen molar-refractivity contribution in [2.45, 2.75) is 6.92 Å². The molecule has 0 radical (unpaired) electrons. The fraction of sp³-hybridized carbons (Fsp3) is 0.143. The molecular weight excluding hydrogens is 144 g/mol. The third kappa shape index (κ3) is 4.76. The van der Waals surface area contributed by atoms with E-state index in [1.165, 1.54) is 5.56 Å². The van der Waals surface area contributed by atoms with Crippen molar-refractivity contribution >= 4 is 23.1 Å². The van der Waals surface area contributed by atoms with Crippen LogP contribution in [0.25, 0.3) is 0 Å². The van der Waals surface area contributed by atoms with Gasteiger partial charge in [0.1, 0.15) is 0 Å². The molecule has 44 valence electrons. The molecule has 0 aliphatic heterocycles. The predicted octanol–water partition coefficient (Wildman–Crippen LogP) is -1.58. The Morgan fingerprint density at radius 1 is 1.33 bits per heavy atom. The Hall–Kier alpha value is 0.276. The van der Waals surface area contributed by atoms with Gasteiger partial charge >= 0.3 is 23.1 Å². The van der Waals surface area contributed by atoms with E-state index in [9.17, 15) is 0 Å². The molecule has 1 rings (SSSR count). The Balaban J connectivity index is 0. The predicted molar refractivity (Wildman–Crippen MR) is 35.8 cm³/mol. The summed E-state index contributed by atoms with van der Waals surface area (Å²) in [4.78, 5) is 0. The second-order valence-corrected chi connectivity index (χ2v) is 1.55. The third-order valence-electron chi connectivity index (χ3n) is 0.865. The molecule has 0 saturated carbocycles. The Kier molecular flexibility index (Phi) is 8.53. The molecular formula is C7H7ClMg. The molecule has 0 amide bonds. The summed E-state index contributed by atoms with van der Waals surface area (Å²) in [5.74, 6) is 0. The van der Waals surface area contributed by atoms with Crippen molar-refractivity contribution in [3.63, 3.8) is 0 Å². The molecule has 0 unspecified atom stereocenters. The molecule has 1 aromatic carbocycles. The van der Waals surface area contributed by atoms with E-state index in [2.05, 4.69) is 6.07 Å². The van der Waals surface area contributed by atoms with Crippen LogP contribution in [0, 0.1) is 13.0 Å². The standard InChI is InChI=1S/C7H7.ClH.Mg/c1-7-5-3-2-4-6-7;;/h2-5H,1H3;1H;/q-1;;+2/p-1. The zero-order chi connectivity index (χ0) is 5.11. The van der Waals surface area contributed by atoms with Crippen molar-refractivity contribution in [3.05, 3.63) is 35.9 Å². The molecule has 0 atom stereocenters. The van der Waals surface area contributed by atoms with E-state index in [1.807, 2.05) is 31.2 Å². The first-order valence-electron chi connectivity index (χ1n) is 2.33. The molecule has 0 bridgehead atoms. The molecule has 9 heavy (non-hydrogen) atoms. The third-order valence-corrected chi connectivity index (χ3v) is 0.865. The molecule has 2 heteroatoms. The molecule has 0 fully saturated rings. The maximum Gasteiger partial charge on any atom is 2.00 e. The first-order chi connectivity index (χ1) is 3.39. The van der Waals surface area contributed by atoms with Crippen LogP contribution in [0.5, 0.6) is 0 Å². The fourth-order valence-corrected chi connectivity index (χ4v) is 0.483. The number of hydrogen-bond acceptors (Lipinski definition) is 0. The molecule has 0 saturated heterocycles. The summed E-state index contributed by atoms with van der Waals surface area (Å²) < 4.78 is 0. The summed E-state index contributed by atoms with van der Waals surface area (Å²) >= 11 is 0. The van der Waals surface area contributed by atoms with Gasteiger partial charge in [-0.3, -0.25) is 0 Å². The topological polar surface area (TPSA) is 0 Å². The van der Waals surface area contributed by atoms with E-state index < -0.39 is 0 Å². The van der Waals surface area contributed by atoms with Gasteiger partial charge in [0.15, 0.2) is 0 Å². The van der Waals surface area contributed by atoms with E-state index in [-0.39, 0.29) is 35.5 Å². The molecule has 0 spiro atoms. The molecule has 0 aliphatic carbocycles. The van der Waals surface area contributed by atoms with Crippen LogP contribution in [-0.2, 0) is 0 Å². The number of benzene rings is 1. The van der Waals surface area contributed by atoms with Crippen molar-refractivity contribution in [2.24, 2.45) is 0 Å². The number of aryl methyl sites for hydroxylation is 1. The van der Waals surface area contributed by atoms with Crippen LogP contribution in [0.4, 0.5) is 0 Å². The van der Waals surface area contributed by atoms with Crippen LogP contribution in [0.15, 0.2) is 24.3 Å². The Bertz CT molecular complexity index is 139. The number of hydrogen-bond donors (Lipinski definition) is 0. The van der Waals surface area contributed by atoms with Crippen molar-refractivity contribution in [1.29, 1.82) is 0 Å². The summed E-state index contributed by atoms with van der Waals surface area (Å²) in [6.07, 6.45) is 0. The SMILES string of the molecule is Cc1[c-]cccc1.[Cl-].[Mg+2]. The van der Waals surface area contributed by atoms with Gasteiger partial charge < -0.3 is 12.4 Å². The maximum atomic E-state index is 3.03. The van der Waals surface area contributed by atoms with Crippen molar-refractivity contribution < 1.29 is 12.4 Å². The molecule has 1 aromatic rings.